The van der Waals surface area contributed by atoms with E-state index in [-0.39, 0.29) is 11.9 Å². The summed E-state index contributed by atoms with van der Waals surface area (Å²) in [6.07, 6.45) is 8.98. The van der Waals surface area contributed by atoms with Crippen LogP contribution in [0.3, 0.4) is 0 Å². The minimum Gasteiger partial charge on any atom is -0.326 e. The van der Waals surface area contributed by atoms with Gasteiger partial charge in [0.1, 0.15) is 0 Å². The van der Waals surface area contributed by atoms with E-state index in [9.17, 15) is 4.79 Å². The minimum absolute atomic E-state index is 0.111. The minimum atomic E-state index is 0.111. The van der Waals surface area contributed by atoms with Crippen LogP contribution in [0.2, 0.25) is 0 Å². The molecule has 2 aliphatic rings. The van der Waals surface area contributed by atoms with Crippen molar-refractivity contribution in [1.82, 2.24) is 0 Å². The zero-order chi connectivity index (χ0) is 14.7. The van der Waals surface area contributed by atoms with E-state index in [0.717, 1.165) is 18.5 Å². The summed E-state index contributed by atoms with van der Waals surface area (Å²) in [6, 6.07) is 8.42. The number of hydrogen-bond donors (Lipinski definition) is 1. The van der Waals surface area contributed by atoms with Gasteiger partial charge >= 0.3 is 0 Å². The third-order valence-electron chi connectivity index (χ3n) is 5.07. The maximum atomic E-state index is 12.5. The number of carbonyl (C=O) groups excluding carboxylic acids is 1. The third-order valence-corrected chi connectivity index (χ3v) is 5.07. The van der Waals surface area contributed by atoms with Crippen LogP contribution < -0.4 is 10.6 Å². The average molecular weight is 286 g/mol. The first-order chi connectivity index (χ1) is 10.3. The molecule has 1 aromatic carbocycles. The Bertz CT molecular complexity index is 494. The molecule has 1 fully saturated rings. The van der Waals surface area contributed by atoms with Crippen molar-refractivity contribution in [2.24, 2.45) is 11.7 Å². The van der Waals surface area contributed by atoms with Crippen LogP contribution in [0.1, 0.15) is 50.5 Å². The van der Waals surface area contributed by atoms with Gasteiger partial charge in [-0.3, -0.25) is 4.79 Å². The Morgan fingerprint density at radius 3 is 2.67 bits per heavy atom. The lowest BCUT2D eigenvalue weighted by molar-refractivity contribution is -0.118. The summed E-state index contributed by atoms with van der Waals surface area (Å²) in [5, 5.41) is 0. The number of fused-ring (bicyclic) bond motifs is 1. The molecule has 1 aliphatic carbocycles. The van der Waals surface area contributed by atoms with Crippen molar-refractivity contribution in [3.05, 3.63) is 29.8 Å². The zero-order valence-corrected chi connectivity index (χ0v) is 12.8. The van der Waals surface area contributed by atoms with Gasteiger partial charge in [0.05, 0.1) is 0 Å². The van der Waals surface area contributed by atoms with Crippen LogP contribution in [-0.4, -0.2) is 18.5 Å². The Hall–Kier alpha value is -1.35. The second-order valence-electron chi connectivity index (χ2n) is 6.55. The molecule has 3 heteroatoms. The molecule has 21 heavy (non-hydrogen) atoms. The van der Waals surface area contributed by atoms with Gasteiger partial charge in [-0.2, -0.15) is 0 Å². The van der Waals surface area contributed by atoms with Gasteiger partial charge in [-0.05, 0) is 43.2 Å². The Balaban J connectivity index is 1.77. The molecule has 0 spiro atoms. The molecule has 3 nitrogen and oxygen atoms in total. The Morgan fingerprint density at radius 2 is 1.86 bits per heavy atom. The van der Waals surface area contributed by atoms with Crippen LogP contribution in [0.25, 0.3) is 0 Å². The predicted molar refractivity (Wildman–Crippen MR) is 86.3 cm³/mol. The van der Waals surface area contributed by atoms with Crippen LogP contribution in [0, 0.1) is 5.92 Å². The highest BCUT2D eigenvalue weighted by molar-refractivity contribution is 5.94. The fourth-order valence-electron chi connectivity index (χ4n) is 3.81. The lowest BCUT2D eigenvalue weighted by atomic mass is 9.84. The quantitative estimate of drug-likeness (QED) is 0.927. The van der Waals surface area contributed by atoms with Crippen molar-refractivity contribution in [1.29, 1.82) is 0 Å². The standard InChI is InChI=1S/C18H26N2O/c19-16(14-7-2-1-3-8-14)13-20-17-11-5-4-9-15(17)10-6-12-18(20)21/h4-5,9,11,14,16H,1-3,6-8,10,12-13,19H2. The predicted octanol–water partition coefficient (Wildman–Crippen LogP) is 3.26. The van der Waals surface area contributed by atoms with Gasteiger partial charge in [0.2, 0.25) is 5.91 Å². The lowest BCUT2D eigenvalue weighted by Crippen LogP contribution is -2.45. The summed E-state index contributed by atoms with van der Waals surface area (Å²) in [6.45, 7) is 0.681. The van der Waals surface area contributed by atoms with E-state index in [2.05, 4.69) is 18.2 Å². The SMILES string of the molecule is NC(CN1C(=O)CCCc2ccccc21)C1CCCCC1. The summed E-state index contributed by atoms with van der Waals surface area (Å²) in [7, 11) is 0. The second-order valence-corrected chi connectivity index (χ2v) is 6.55. The highest BCUT2D eigenvalue weighted by Gasteiger charge is 2.27. The maximum absolute atomic E-state index is 12.5. The van der Waals surface area contributed by atoms with Crippen molar-refractivity contribution in [2.45, 2.75) is 57.4 Å². The molecular formula is C18H26N2O. The number of rotatable bonds is 3. The number of hydrogen-bond acceptors (Lipinski definition) is 2. The van der Waals surface area contributed by atoms with Crippen molar-refractivity contribution < 1.29 is 4.79 Å². The Kier molecular flexibility index (Phi) is 4.59. The molecular weight excluding hydrogens is 260 g/mol. The van der Waals surface area contributed by atoms with E-state index in [1.54, 1.807) is 0 Å². The summed E-state index contributed by atoms with van der Waals surface area (Å²) < 4.78 is 0. The van der Waals surface area contributed by atoms with Crippen molar-refractivity contribution >= 4 is 11.6 Å². The molecule has 0 radical (unpaired) electrons. The molecule has 1 heterocycles. The van der Waals surface area contributed by atoms with Gasteiger partial charge in [-0.25, -0.2) is 0 Å². The molecule has 3 rings (SSSR count). The summed E-state index contributed by atoms with van der Waals surface area (Å²) in [5.41, 5.74) is 8.84. The molecule has 1 unspecified atom stereocenters. The first-order valence-electron chi connectivity index (χ1n) is 8.39. The largest absolute Gasteiger partial charge is 0.326 e. The van der Waals surface area contributed by atoms with Gasteiger partial charge in [-0.15, -0.1) is 0 Å². The van der Waals surface area contributed by atoms with Crippen LogP contribution in [-0.2, 0) is 11.2 Å². The number of nitrogens with zero attached hydrogens (tertiary/aromatic N) is 1. The smallest absolute Gasteiger partial charge is 0.227 e. The zero-order valence-electron chi connectivity index (χ0n) is 12.8. The highest BCUT2D eigenvalue weighted by Crippen LogP contribution is 2.30. The van der Waals surface area contributed by atoms with Gasteiger partial charge in [0.15, 0.2) is 0 Å². The molecule has 0 bridgehead atoms. The van der Waals surface area contributed by atoms with E-state index < -0.39 is 0 Å². The number of nitrogens with two attached hydrogens (primary N) is 1. The average Bonchev–Trinajstić information content (AvgIpc) is 2.68. The molecule has 1 amide bonds. The third kappa shape index (κ3) is 3.29. The van der Waals surface area contributed by atoms with E-state index in [1.165, 1.54) is 37.7 Å². The van der Waals surface area contributed by atoms with Crippen molar-refractivity contribution in [3.63, 3.8) is 0 Å². The number of amides is 1. The molecule has 114 valence electrons. The number of benzene rings is 1. The van der Waals surface area contributed by atoms with E-state index in [0.29, 0.717) is 18.9 Å². The lowest BCUT2D eigenvalue weighted by Gasteiger charge is -2.32. The van der Waals surface area contributed by atoms with Gasteiger partial charge < -0.3 is 10.6 Å². The first-order valence-corrected chi connectivity index (χ1v) is 8.39. The number of aryl methyl sites for hydroxylation is 1. The molecule has 1 aromatic rings. The summed E-state index contributed by atoms with van der Waals surface area (Å²) in [4.78, 5) is 14.4. The van der Waals surface area contributed by atoms with Crippen LogP contribution in [0.4, 0.5) is 5.69 Å². The van der Waals surface area contributed by atoms with Crippen LogP contribution in [0.15, 0.2) is 24.3 Å². The molecule has 1 atom stereocenters. The molecule has 1 aliphatic heterocycles. The molecule has 2 N–H and O–H groups in total. The summed E-state index contributed by atoms with van der Waals surface area (Å²) in [5.74, 6) is 0.827. The number of carbonyl (C=O) groups is 1. The molecule has 1 saturated carbocycles. The molecule has 0 aromatic heterocycles. The summed E-state index contributed by atoms with van der Waals surface area (Å²) >= 11 is 0. The van der Waals surface area contributed by atoms with Gasteiger partial charge in [0, 0.05) is 24.7 Å². The topological polar surface area (TPSA) is 46.3 Å². The highest BCUT2D eigenvalue weighted by atomic mass is 16.2. The Labute approximate surface area is 127 Å². The first kappa shape index (κ1) is 14.6. The van der Waals surface area contributed by atoms with Crippen LogP contribution >= 0.6 is 0 Å². The Morgan fingerprint density at radius 1 is 1.10 bits per heavy atom. The maximum Gasteiger partial charge on any atom is 0.227 e. The van der Waals surface area contributed by atoms with Crippen LogP contribution in [0.5, 0.6) is 0 Å². The van der Waals surface area contributed by atoms with Gasteiger partial charge in [0.25, 0.3) is 0 Å². The number of para-hydroxylation sites is 1. The van der Waals surface area contributed by atoms with E-state index in [1.807, 2.05) is 11.0 Å². The second kappa shape index (κ2) is 6.61. The molecule has 0 saturated heterocycles. The van der Waals surface area contributed by atoms with E-state index >= 15 is 0 Å². The van der Waals surface area contributed by atoms with Gasteiger partial charge in [-0.1, -0.05) is 37.5 Å². The number of anilines is 1. The van der Waals surface area contributed by atoms with E-state index in [4.69, 9.17) is 5.73 Å². The fourth-order valence-corrected chi connectivity index (χ4v) is 3.81. The normalized spacial score (nSPS) is 21.8. The van der Waals surface area contributed by atoms with Crippen molar-refractivity contribution in [2.75, 3.05) is 11.4 Å². The monoisotopic (exact) mass is 286 g/mol. The van der Waals surface area contributed by atoms with Crippen molar-refractivity contribution in [3.8, 4) is 0 Å². The fraction of sp³-hybridized carbons (Fsp3) is 0.611.